The van der Waals surface area contributed by atoms with Gasteiger partial charge in [-0.2, -0.15) is 0 Å². The van der Waals surface area contributed by atoms with E-state index in [0.717, 1.165) is 88.3 Å². The monoisotopic (exact) mass is 628 g/mol. The second-order valence-corrected chi connectivity index (χ2v) is 12.4. The third kappa shape index (κ3) is 4.49. The molecule has 0 atom stereocenters. The summed E-state index contributed by atoms with van der Waals surface area (Å²) in [6, 6.07) is 59.1. The van der Waals surface area contributed by atoms with Crippen LogP contribution in [0.5, 0.6) is 0 Å². The van der Waals surface area contributed by atoms with Crippen molar-refractivity contribution in [3.8, 4) is 22.6 Å². The highest BCUT2D eigenvalue weighted by molar-refractivity contribution is 6.18. The summed E-state index contributed by atoms with van der Waals surface area (Å²) in [7, 11) is 0. The van der Waals surface area contributed by atoms with Crippen LogP contribution in [0.15, 0.2) is 179 Å². The van der Waals surface area contributed by atoms with Crippen LogP contribution < -0.4 is 4.90 Å². The van der Waals surface area contributed by atoms with Crippen LogP contribution in [0.2, 0.25) is 0 Å². The lowest BCUT2D eigenvalue weighted by molar-refractivity contribution is 0.623. The van der Waals surface area contributed by atoms with Gasteiger partial charge >= 0.3 is 0 Å². The molecule has 0 aliphatic heterocycles. The summed E-state index contributed by atoms with van der Waals surface area (Å²) >= 11 is 0. The molecule has 0 N–H and O–H groups in total. The Balaban J connectivity index is 1.10. The zero-order valence-corrected chi connectivity index (χ0v) is 26.4. The number of aromatic nitrogens is 1. The van der Waals surface area contributed by atoms with Gasteiger partial charge in [-0.25, -0.2) is 4.98 Å². The van der Waals surface area contributed by atoms with Crippen molar-refractivity contribution in [3.63, 3.8) is 0 Å². The maximum atomic E-state index is 6.48. The number of para-hydroxylation sites is 3. The van der Waals surface area contributed by atoms with E-state index in [1.54, 1.807) is 0 Å². The normalized spacial score (nSPS) is 11.7. The second-order valence-electron chi connectivity index (χ2n) is 12.4. The summed E-state index contributed by atoms with van der Waals surface area (Å²) in [6.07, 6.45) is 0. The fraction of sp³-hybridized carbons (Fsp3) is 0. The molecule has 0 bridgehead atoms. The molecule has 230 valence electrons. The van der Waals surface area contributed by atoms with Crippen molar-refractivity contribution in [3.05, 3.63) is 170 Å². The van der Waals surface area contributed by atoms with Crippen molar-refractivity contribution in [2.45, 2.75) is 0 Å². The molecule has 10 rings (SSSR count). The van der Waals surface area contributed by atoms with E-state index in [1.165, 1.54) is 0 Å². The van der Waals surface area contributed by atoms with Gasteiger partial charge in [0.2, 0.25) is 5.89 Å². The summed E-state index contributed by atoms with van der Waals surface area (Å²) in [5.41, 5.74) is 9.76. The molecule has 0 saturated carbocycles. The van der Waals surface area contributed by atoms with Gasteiger partial charge in [-0.15, -0.1) is 0 Å². The predicted molar refractivity (Wildman–Crippen MR) is 202 cm³/mol. The third-order valence-electron chi connectivity index (χ3n) is 9.47. The maximum Gasteiger partial charge on any atom is 0.227 e. The molecule has 49 heavy (non-hydrogen) atoms. The van der Waals surface area contributed by atoms with Crippen LogP contribution in [0.3, 0.4) is 0 Å². The number of benzene rings is 8. The molecule has 2 heterocycles. The SMILES string of the molecule is c1ccc(-c2nc3ccc4ccc5ccc(-c6ccc(N(c7ccccc7)c7cccc8c7oc7ccccc78)cc6)cc5c4c3o2)cc1. The van der Waals surface area contributed by atoms with Gasteiger partial charge in [-0.1, -0.05) is 109 Å². The van der Waals surface area contributed by atoms with Gasteiger partial charge < -0.3 is 13.7 Å². The lowest BCUT2D eigenvalue weighted by Gasteiger charge is -2.25. The van der Waals surface area contributed by atoms with Crippen LogP contribution in [0.25, 0.3) is 77.2 Å². The highest BCUT2D eigenvalue weighted by Gasteiger charge is 2.19. The Morgan fingerprint density at radius 3 is 1.96 bits per heavy atom. The molecule has 0 saturated heterocycles. The minimum absolute atomic E-state index is 0.633. The van der Waals surface area contributed by atoms with E-state index in [0.29, 0.717) is 5.89 Å². The Kier molecular flexibility index (Phi) is 6.15. The minimum atomic E-state index is 0.633. The number of hydrogen-bond donors (Lipinski definition) is 0. The van der Waals surface area contributed by atoms with E-state index in [4.69, 9.17) is 13.8 Å². The van der Waals surface area contributed by atoms with Crippen LogP contribution >= 0.6 is 0 Å². The Bertz CT molecular complexity index is 2820. The summed E-state index contributed by atoms with van der Waals surface area (Å²) < 4.78 is 13.0. The first-order chi connectivity index (χ1) is 24.3. The van der Waals surface area contributed by atoms with Crippen molar-refractivity contribution in [2.75, 3.05) is 4.90 Å². The highest BCUT2D eigenvalue weighted by Crippen LogP contribution is 2.43. The highest BCUT2D eigenvalue weighted by atomic mass is 16.3. The van der Waals surface area contributed by atoms with Crippen molar-refractivity contribution >= 4 is 71.6 Å². The lowest BCUT2D eigenvalue weighted by atomic mass is 9.96. The molecule has 0 aliphatic carbocycles. The molecule has 0 fully saturated rings. The van der Waals surface area contributed by atoms with Crippen LogP contribution in [-0.4, -0.2) is 4.98 Å². The molecule has 0 amide bonds. The number of fused-ring (bicyclic) bond motifs is 8. The summed E-state index contributed by atoms with van der Waals surface area (Å²) in [6.45, 7) is 0. The number of furan rings is 1. The van der Waals surface area contributed by atoms with Crippen LogP contribution in [0.1, 0.15) is 0 Å². The van der Waals surface area contributed by atoms with Crippen molar-refractivity contribution in [1.29, 1.82) is 0 Å². The van der Waals surface area contributed by atoms with E-state index < -0.39 is 0 Å². The number of anilines is 3. The average molecular weight is 629 g/mol. The van der Waals surface area contributed by atoms with Crippen molar-refractivity contribution in [1.82, 2.24) is 4.98 Å². The topological polar surface area (TPSA) is 42.4 Å². The fourth-order valence-electron chi connectivity index (χ4n) is 7.12. The Labute approximate surface area is 282 Å². The predicted octanol–water partition coefficient (Wildman–Crippen LogP) is 12.8. The van der Waals surface area contributed by atoms with Gasteiger partial charge in [0.25, 0.3) is 0 Å². The quantitative estimate of drug-likeness (QED) is 0.178. The first-order valence-corrected chi connectivity index (χ1v) is 16.5. The standard InChI is InChI=1S/C45H28N2O2/c1-3-10-32(11-4-1)45-46-39-27-24-31-20-18-30-19-21-33(28-38(30)42(31)44(39)49-45)29-22-25-35(26-23-29)47(34-12-5-2-6-13-34)40-16-9-15-37-36-14-7-8-17-41(36)48-43(37)40/h1-28H. The number of oxazole rings is 1. The van der Waals surface area contributed by atoms with Gasteiger partial charge in [0, 0.05) is 33.1 Å². The van der Waals surface area contributed by atoms with E-state index in [1.807, 2.05) is 54.6 Å². The lowest BCUT2D eigenvalue weighted by Crippen LogP contribution is -2.10. The molecule has 4 nitrogen and oxygen atoms in total. The Morgan fingerprint density at radius 2 is 1.10 bits per heavy atom. The summed E-state index contributed by atoms with van der Waals surface area (Å²) in [4.78, 5) is 7.12. The molecule has 2 aromatic heterocycles. The minimum Gasteiger partial charge on any atom is -0.454 e. The van der Waals surface area contributed by atoms with Crippen molar-refractivity contribution < 1.29 is 8.83 Å². The summed E-state index contributed by atoms with van der Waals surface area (Å²) in [5.74, 6) is 0.633. The molecule has 8 aromatic carbocycles. The van der Waals surface area contributed by atoms with E-state index in [2.05, 4.69) is 120 Å². The van der Waals surface area contributed by atoms with Crippen LogP contribution in [-0.2, 0) is 0 Å². The smallest absolute Gasteiger partial charge is 0.227 e. The molecule has 10 aromatic rings. The molecule has 0 unspecified atom stereocenters. The van der Waals surface area contributed by atoms with E-state index in [-0.39, 0.29) is 0 Å². The maximum absolute atomic E-state index is 6.48. The van der Waals surface area contributed by atoms with Gasteiger partial charge in [0.05, 0.1) is 5.69 Å². The molecule has 0 aliphatic rings. The molecule has 4 heteroatoms. The third-order valence-corrected chi connectivity index (χ3v) is 9.47. The van der Waals surface area contributed by atoms with Gasteiger partial charge in [0.15, 0.2) is 11.2 Å². The van der Waals surface area contributed by atoms with Crippen molar-refractivity contribution in [2.24, 2.45) is 0 Å². The second kappa shape index (κ2) is 11.0. The first kappa shape index (κ1) is 27.5. The zero-order valence-electron chi connectivity index (χ0n) is 26.4. The zero-order chi connectivity index (χ0) is 32.3. The van der Waals surface area contributed by atoms with E-state index >= 15 is 0 Å². The fourth-order valence-corrected chi connectivity index (χ4v) is 7.12. The molecular formula is C45H28N2O2. The summed E-state index contributed by atoms with van der Waals surface area (Å²) in [5, 5.41) is 6.73. The average Bonchev–Trinajstić information content (AvgIpc) is 3.78. The Hall–Kier alpha value is -6.65. The first-order valence-electron chi connectivity index (χ1n) is 16.5. The molecular weight excluding hydrogens is 601 g/mol. The number of nitrogens with zero attached hydrogens (tertiary/aromatic N) is 2. The number of rotatable bonds is 5. The Morgan fingerprint density at radius 1 is 0.429 bits per heavy atom. The van der Waals surface area contributed by atoms with Gasteiger partial charge in [-0.05, 0) is 87.9 Å². The molecule has 0 radical (unpaired) electrons. The number of hydrogen-bond acceptors (Lipinski definition) is 4. The van der Waals surface area contributed by atoms with E-state index in [9.17, 15) is 0 Å². The van der Waals surface area contributed by atoms with Crippen LogP contribution in [0, 0.1) is 0 Å². The van der Waals surface area contributed by atoms with Gasteiger partial charge in [-0.3, -0.25) is 0 Å². The molecule has 0 spiro atoms. The van der Waals surface area contributed by atoms with Gasteiger partial charge in [0.1, 0.15) is 11.1 Å². The van der Waals surface area contributed by atoms with Crippen LogP contribution in [0.4, 0.5) is 17.1 Å². The largest absolute Gasteiger partial charge is 0.454 e.